The second-order valence-electron chi connectivity index (χ2n) is 3.65. The Morgan fingerprint density at radius 1 is 1.47 bits per heavy atom. The van der Waals surface area contributed by atoms with Gasteiger partial charge in [0, 0.05) is 12.1 Å². The van der Waals surface area contributed by atoms with Crippen molar-refractivity contribution < 1.29 is 23.2 Å². The molecule has 1 N–H and O–H groups in total. The summed E-state index contributed by atoms with van der Waals surface area (Å²) in [6, 6.07) is 2.50. The van der Waals surface area contributed by atoms with E-state index in [1.165, 1.54) is 6.92 Å². The van der Waals surface area contributed by atoms with Gasteiger partial charge in [-0.3, -0.25) is 10.1 Å². The van der Waals surface area contributed by atoms with Crippen LogP contribution in [0.3, 0.4) is 0 Å². The molecular weight excluding hydrogens is 239 g/mol. The first-order valence-electron chi connectivity index (χ1n) is 4.74. The monoisotopic (exact) mass is 249 g/mol. The lowest BCUT2D eigenvalue weighted by Gasteiger charge is -2.13. The molecular formula is C10H10F3NO3. The standard InChI is InChI=1S/C10H10F3NO3/c1-6(15)4-7-2-3-8(14(16)17)5-9(7)10(11,12)13/h2-3,5-6,15H,4H2,1H3. The molecule has 0 amide bonds. The van der Waals surface area contributed by atoms with Crippen LogP contribution in [0.1, 0.15) is 18.1 Å². The Bertz CT molecular complexity index is 429. The van der Waals surface area contributed by atoms with E-state index >= 15 is 0 Å². The van der Waals surface area contributed by atoms with Crippen LogP contribution < -0.4 is 0 Å². The highest BCUT2D eigenvalue weighted by Gasteiger charge is 2.35. The number of nitro groups is 1. The van der Waals surface area contributed by atoms with Crippen LogP contribution in [0.15, 0.2) is 18.2 Å². The number of nitro benzene ring substituents is 1. The number of aliphatic hydroxyl groups excluding tert-OH is 1. The molecule has 1 rings (SSSR count). The highest BCUT2D eigenvalue weighted by atomic mass is 19.4. The minimum absolute atomic E-state index is 0.155. The van der Waals surface area contributed by atoms with Crippen LogP contribution in [-0.2, 0) is 12.6 Å². The van der Waals surface area contributed by atoms with Crippen LogP contribution in [0.5, 0.6) is 0 Å². The molecule has 94 valence electrons. The summed E-state index contributed by atoms with van der Waals surface area (Å²) in [6.45, 7) is 1.35. The Kier molecular flexibility index (Phi) is 3.72. The molecule has 0 aliphatic carbocycles. The van der Waals surface area contributed by atoms with Gasteiger partial charge in [0.1, 0.15) is 0 Å². The number of benzene rings is 1. The van der Waals surface area contributed by atoms with E-state index in [2.05, 4.69) is 0 Å². The number of rotatable bonds is 3. The molecule has 4 nitrogen and oxygen atoms in total. The minimum atomic E-state index is -4.67. The van der Waals surface area contributed by atoms with Crippen molar-refractivity contribution in [1.82, 2.24) is 0 Å². The molecule has 0 saturated carbocycles. The fourth-order valence-electron chi connectivity index (χ4n) is 1.44. The van der Waals surface area contributed by atoms with Crippen molar-refractivity contribution in [1.29, 1.82) is 0 Å². The van der Waals surface area contributed by atoms with Gasteiger partial charge >= 0.3 is 6.18 Å². The van der Waals surface area contributed by atoms with Gasteiger partial charge < -0.3 is 5.11 Å². The van der Waals surface area contributed by atoms with E-state index < -0.39 is 28.5 Å². The van der Waals surface area contributed by atoms with E-state index in [0.717, 1.165) is 12.1 Å². The molecule has 0 saturated heterocycles. The summed E-state index contributed by atoms with van der Waals surface area (Å²) >= 11 is 0. The molecule has 1 aromatic rings. The number of hydrogen-bond acceptors (Lipinski definition) is 3. The van der Waals surface area contributed by atoms with Crippen molar-refractivity contribution in [3.8, 4) is 0 Å². The maximum atomic E-state index is 12.6. The van der Waals surface area contributed by atoms with Crippen LogP contribution in [0.4, 0.5) is 18.9 Å². The molecule has 0 aliphatic rings. The summed E-state index contributed by atoms with van der Waals surface area (Å²) in [4.78, 5) is 9.51. The third-order valence-electron chi connectivity index (χ3n) is 2.12. The van der Waals surface area contributed by atoms with Gasteiger partial charge in [-0.25, -0.2) is 0 Å². The first-order valence-corrected chi connectivity index (χ1v) is 4.74. The largest absolute Gasteiger partial charge is 0.416 e. The lowest BCUT2D eigenvalue weighted by Crippen LogP contribution is -2.14. The number of halogens is 3. The second kappa shape index (κ2) is 4.70. The maximum Gasteiger partial charge on any atom is 0.416 e. The Hall–Kier alpha value is -1.63. The highest BCUT2D eigenvalue weighted by Crippen LogP contribution is 2.34. The molecule has 0 radical (unpaired) electrons. The van der Waals surface area contributed by atoms with E-state index in [0.29, 0.717) is 6.07 Å². The van der Waals surface area contributed by atoms with E-state index in [9.17, 15) is 23.3 Å². The molecule has 0 fully saturated rings. The highest BCUT2D eigenvalue weighted by molar-refractivity contribution is 5.41. The zero-order chi connectivity index (χ0) is 13.2. The predicted octanol–water partition coefficient (Wildman–Crippen LogP) is 2.54. The van der Waals surface area contributed by atoms with Gasteiger partial charge in [-0.2, -0.15) is 13.2 Å². The molecule has 1 atom stereocenters. The van der Waals surface area contributed by atoms with Crippen molar-refractivity contribution >= 4 is 5.69 Å². The van der Waals surface area contributed by atoms with E-state index in [-0.39, 0.29) is 12.0 Å². The van der Waals surface area contributed by atoms with E-state index in [1.807, 2.05) is 0 Å². The van der Waals surface area contributed by atoms with Gasteiger partial charge in [-0.1, -0.05) is 6.07 Å². The number of alkyl halides is 3. The van der Waals surface area contributed by atoms with Crippen LogP contribution in [-0.4, -0.2) is 16.1 Å². The zero-order valence-corrected chi connectivity index (χ0v) is 8.86. The average molecular weight is 249 g/mol. The molecule has 1 aromatic carbocycles. The van der Waals surface area contributed by atoms with Gasteiger partial charge in [-0.15, -0.1) is 0 Å². The van der Waals surface area contributed by atoms with Crippen LogP contribution in [0.2, 0.25) is 0 Å². The first kappa shape index (κ1) is 13.4. The van der Waals surface area contributed by atoms with Gasteiger partial charge in [0.25, 0.3) is 5.69 Å². The van der Waals surface area contributed by atoms with Gasteiger partial charge in [0.2, 0.25) is 0 Å². The summed E-state index contributed by atoms with van der Waals surface area (Å²) in [7, 11) is 0. The van der Waals surface area contributed by atoms with Crippen molar-refractivity contribution in [2.75, 3.05) is 0 Å². The molecule has 0 heterocycles. The zero-order valence-electron chi connectivity index (χ0n) is 8.86. The summed E-state index contributed by atoms with van der Waals surface area (Å²) < 4.78 is 37.9. The Balaban J connectivity index is 3.27. The van der Waals surface area contributed by atoms with Crippen LogP contribution in [0, 0.1) is 10.1 Å². The lowest BCUT2D eigenvalue weighted by molar-refractivity contribution is -0.385. The fourth-order valence-corrected chi connectivity index (χ4v) is 1.44. The summed E-state index contributed by atoms with van der Waals surface area (Å²) in [5, 5.41) is 19.5. The van der Waals surface area contributed by atoms with Crippen LogP contribution in [0.25, 0.3) is 0 Å². The first-order chi connectivity index (χ1) is 7.71. The third kappa shape index (κ3) is 3.42. The summed E-state index contributed by atoms with van der Waals surface area (Å²) in [5.41, 5.74) is -1.85. The Morgan fingerprint density at radius 2 is 2.06 bits per heavy atom. The molecule has 1 unspecified atom stereocenters. The van der Waals surface area contributed by atoms with Crippen molar-refractivity contribution in [2.45, 2.75) is 25.6 Å². The molecule has 7 heteroatoms. The lowest BCUT2D eigenvalue weighted by atomic mass is 10.0. The predicted molar refractivity (Wildman–Crippen MR) is 53.5 cm³/mol. The van der Waals surface area contributed by atoms with Crippen molar-refractivity contribution in [3.63, 3.8) is 0 Å². The molecule has 0 aromatic heterocycles. The van der Waals surface area contributed by atoms with Crippen molar-refractivity contribution in [2.24, 2.45) is 0 Å². The summed E-state index contributed by atoms with van der Waals surface area (Å²) in [6.07, 6.45) is -5.82. The smallest absolute Gasteiger partial charge is 0.393 e. The van der Waals surface area contributed by atoms with Gasteiger partial charge in [-0.05, 0) is 18.9 Å². The topological polar surface area (TPSA) is 63.4 Å². The molecule has 0 aliphatic heterocycles. The minimum Gasteiger partial charge on any atom is -0.393 e. The van der Waals surface area contributed by atoms with Gasteiger partial charge in [0.15, 0.2) is 0 Å². The van der Waals surface area contributed by atoms with E-state index in [4.69, 9.17) is 5.11 Å². The number of hydrogen-bond donors (Lipinski definition) is 1. The number of aliphatic hydroxyl groups is 1. The Labute approximate surface area is 94.8 Å². The SMILES string of the molecule is CC(O)Cc1ccc([N+](=O)[O-])cc1C(F)(F)F. The molecule has 17 heavy (non-hydrogen) atoms. The Morgan fingerprint density at radius 3 is 2.47 bits per heavy atom. The summed E-state index contributed by atoms with van der Waals surface area (Å²) in [5.74, 6) is 0. The van der Waals surface area contributed by atoms with E-state index in [1.54, 1.807) is 0 Å². The maximum absolute atomic E-state index is 12.6. The average Bonchev–Trinajstić information content (AvgIpc) is 2.15. The molecule has 0 bridgehead atoms. The van der Waals surface area contributed by atoms with Crippen molar-refractivity contribution in [3.05, 3.63) is 39.4 Å². The quantitative estimate of drug-likeness (QED) is 0.661. The number of non-ortho nitro benzene ring substituents is 1. The molecule has 0 spiro atoms. The fraction of sp³-hybridized carbons (Fsp3) is 0.400. The van der Waals surface area contributed by atoms with Gasteiger partial charge in [0.05, 0.1) is 16.6 Å². The van der Waals surface area contributed by atoms with Crippen LogP contribution >= 0.6 is 0 Å². The normalized spacial score (nSPS) is 13.5. The third-order valence-corrected chi connectivity index (χ3v) is 2.12. The number of nitrogens with zero attached hydrogens (tertiary/aromatic N) is 1. The second-order valence-corrected chi connectivity index (χ2v) is 3.65.